The molecule has 2 rings (SSSR count). The van der Waals surface area contributed by atoms with Crippen LogP contribution < -0.4 is 4.74 Å². The van der Waals surface area contributed by atoms with E-state index >= 15 is 0 Å². The molecule has 2 aromatic rings. The third-order valence-corrected chi connectivity index (χ3v) is 3.10. The van der Waals surface area contributed by atoms with Gasteiger partial charge < -0.3 is 9.84 Å². The van der Waals surface area contributed by atoms with Crippen molar-refractivity contribution in [1.29, 1.82) is 0 Å². The van der Waals surface area contributed by atoms with E-state index in [-0.39, 0.29) is 11.6 Å². The molecule has 8 nitrogen and oxygen atoms in total. The zero-order valence-corrected chi connectivity index (χ0v) is 11.5. The lowest BCUT2D eigenvalue weighted by molar-refractivity contribution is -0.385. The summed E-state index contributed by atoms with van der Waals surface area (Å²) in [5.74, 6) is -1.49. The van der Waals surface area contributed by atoms with Gasteiger partial charge in [-0.15, -0.1) is 11.8 Å². The number of carbonyl (C=O) groups is 1. The molecule has 0 fully saturated rings. The molecule has 1 aromatic carbocycles. The van der Waals surface area contributed by atoms with Crippen molar-refractivity contribution in [2.24, 2.45) is 0 Å². The molecule has 0 spiro atoms. The smallest absolute Gasteiger partial charge is 0.346 e. The fraction of sp³-hybridized carbons (Fsp3) is 0.0833. The summed E-state index contributed by atoms with van der Waals surface area (Å²) in [6, 6.07) is 5.28. The number of hydrogen-bond donors (Lipinski definition) is 1. The number of hydrogen-bond acceptors (Lipinski definition) is 7. The summed E-state index contributed by atoms with van der Waals surface area (Å²) in [5.41, 5.74) is -1.06. The minimum atomic E-state index is -1.45. The number of thioether (sulfide) groups is 1. The van der Waals surface area contributed by atoms with Crippen molar-refractivity contribution >= 4 is 23.4 Å². The van der Waals surface area contributed by atoms with E-state index in [4.69, 9.17) is 9.84 Å². The van der Waals surface area contributed by atoms with Crippen LogP contribution in [0.25, 0.3) is 0 Å². The van der Waals surface area contributed by atoms with E-state index < -0.39 is 22.1 Å². The standard InChI is InChI=1S/C12H9N3O5S/c1-21-10-5-9(13-6-14-10)20-8-4-2-3-7(15(18)19)11(8)12(16)17/h2-6H,1H3,(H,16,17). The van der Waals surface area contributed by atoms with Gasteiger partial charge in [-0.25, -0.2) is 14.8 Å². The Bertz CT molecular complexity index is 707. The molecule has 1 N–H and O–H groups in total. The number of aromatic nitrogens is 2. The average Bonchev–Trinajstić information content (AvgIpc) is 2.46. The summed E-state index contributed by atoms with van der Waals surface area (Å²) in [6.45, 7) is 0. The number of nitro benzene ring substituents is 1. The Morgan fingerprint density at radius 3 is 2.81 bits per heavy atom. The van der Waals surface area contributed by atoms with E-state index in [1.807, 2.05) is 6.26 Å². The van der Waals surface area contributed by atoms with Crippen LogP contribution in [0.1, 0.15) is 10.4 Å². The minimum absolute atomic E-state index is 0.109. The number of carboxylic acids is 1. The van der Waals surface area contributed by atoms with Gasteiger partial charge in [0.15, 0.2) is 11.3 Å². The second-order valence-electron chi connectivity index (χ2n) is 3.71. The van der Waals surface area contributed by atoms with Gasteiger partial charge in [-0.1, -0.05) is 6.07 Å². The molecule has 0 aliphatic rings. The number of nitrogens with zero attached hydrogens (tertiary/aromatic N) is 3. The molecular weight excluding hydrogens is 298 g/mol. The SMILES string of the molecule is CSc1cc(Oc2cccc([N+](=O)[O-])c2C(=O)O)ncn1. The first kappa shape index (κ1) is 14.7. The zero-order valence-electron chi connectivity index (χ0n) is 10.7. The van der Waals surface area contributed by atoms with Crippen LogP contribution in [-0.4, -0.2) is 32.2 Å². The van der Waals surface area contributed by atoms with Crippen molar-refractivity contribution in [2.75, 3.05) is 6.26 Å². The first-order chi connectivity index (χ1) is 10.0. The summed E-state index contributed by atoms with van der Waals surface area (Å²) in [6.07, 6.45) is 3.07. The average molecular weight is 307 g/mol. The Hall–Kier alpha value is -2.68. The van der Waals surface area contributed by atoms with Crippen LogP contribution in [-0.2, 0) is 0 Å². The van der Waals surface area contributed by atoms with Crippen LogP contribution in [0.2, 0.25) is 0 Å². The van der Waals surface area contributed by atoms with Gasteiger partial charge in [-0.2, -0.15) is 0 Å². The van der Waals surface area contributed by atoms with Gasteiger partial charge in [0.1, 0.15) is 11.4 Å². The monoisotopic (exact) mass is 307 g/mol. The lowest BCUT2D eigenvalue weighted by Gasteiger charge is -2.08. The third kappa shape index (κ3) is 3.26. The van der Waals surface area contributed by atoms with Crippen LogP contribution in [0.15, 0.2) is 35.6 Å². The summed E-state index contributed by atoms with van der Waals surface area (Å²) in [7, 11) is 0. The Balaban J connectivity index is 2.46. The van der Waals surface area contributed by atoms with E-state index in [2.05, 4.69) is 9.97 Å². The molecule has 0 amide bonds. The maximum Gasteiger partial charge on any atom is 0.346 e. The highest BCUT2D eigenvalue weighted by Gasteiger charge is 2.25. The molecule has 108 valence electrons. The number of carboxylic acid groups (broad SMARTS) is 1. The molecule has 0 radical (unpaired) electrons. The predicted octanol–water partition coefficient (Wildman–Crippen LogP) is 2.60. The molecule has 0 aliphatic carbocycles. The summed E-state index contributed by atoms with van der Waals surface area (Å²) >= 11 is 1.36. The van der Waals surface area contributed by atoms with E-state index in [0.717, 1.165) is 6.07 Å². The van der Waals surface area contributed by atoms with Crippen molar-refractivity contribution in [3.8, 4) is 11.6 Å². The van der Waals surface area contributed by atoms with Crippen LogP contribution in [0, 0.1) is 10.1 Å². The molecule has 0 unspecified atom stereocenters. The molecule has 0 saturated heterocycles. The molecule has 1 heterocycles. The third-order valence-electron chi connectivity index (χ3n) is 2.46. The molecule has 0 bridgehead atoms. The molecule has 0 saturated carbocycles. The van der Waals surface area contributed by atoms with Gasteiger partial charge in [0, 0.05) is 12.1 Å². The van der Waals surface area contributed by atoms with Gasteiger partial charge in [-0.05, 0) is 12.3 Å². The summed E-state index contributed by atoms with van der Waals surface area (Å²) in [4.78, 5) is 29.2. The Morgan fingerprint density at radius 2 is 2.19 bits per heavy atom. The largest absolute Gasteiger partial charge is 0.477 e. The van der Waals surface area contributed by atoms with Crippen molar-refractivity contribution in [2.45, 2.75) is 5.03 Å². The van der Waals surface area contributed by atoms with E-state index in [1.54, 1.807) is 0 Å². The van der Waals surface area contributed by atoms with E-state index in [9.17, 15) is 14.9 Å². The summed E-state index contributed by atoms with van der Waals surface area (Å²) < 4.78 is 5.35. The number of ether oxygens (including phenoxy) is 1. The maximum atomic E-state index is 11.2. The van der Waals surface area contributed by atoms with Gasteiger partial charge >= 0.3 is 5.97 Å². The van der Waals surface area contributed by atoms with Gasteiger partial charge in [0.05, 0.1) is 4.92 Å². The van der Waals surface area contributed by atoms with Crippen molar-refractivity contribution in [1.82, 2.24) is 9.97 Å². The molecule has 21 heavy (non-hydrogen) atoms. The van der Waals surface area contributed by atoms with Crippen molar-refractivity contribution in [3.05, 3.63) is 46.3 Å². The number of rotatable bonds is 5. The second-order valence-corrected chi connectivity index (χ2v) is 4.54. The Morgan fingerprint density at radius 1 is 1.43 bits per heavy atom. The van der Waals surface area contributed by atoms with Gasteiger partial charge in [-0.3, -0.25) is 10.1 Å². The van der Waals surface area contributed by atoms with Crippen LogP contribution >= 0.6 is 11.8 Å². The number of aromatic carboxylic acids is 1. The Labute approximate surface area is 123 Å². The predicted molar refractivity (Wildman–Crippen MR) is 73.9 cm³/mol. The highest BCUT2D eigenvalue weighted by molar-refractivity contribution is 7.98. The topological polar surface area (TPSA) is 115 Å². The van der Waals surface area contributed by atoms with E-state index in [1.165, 1.54) is 36.3 Å². The molecule has 9 heteroatoms. The second kappa shape index (κ2) is 6.18. The van der Waals surface area contributed by atoms with Crippen LogP contribution in [0.4, 0.5) is 5.69 Å². The first-order valence-corrected chi connectivity index (χ1v) is 6.80. The van der Waals surface area contributed by atoms with Crippen LogP contribution in [0.3, 0.4) is 0 Å². The molecule has 0 atom stereocenters. The Kier molecular flexibility index (Phi) is 4.33. The lowest BCUT2D eigenvalue weighted by atomic mass is 10.1. The lowest BCUT2D eigenvalue weighted by Crippen LogP contribution is -2.05. The normalized spacial score (nSPS) is 10.1. The maximum absolute atomic E-state index is 11.2. The fourth-order valence-electron chi connectivity index (χ4n) is 1.57. The van der Waals surface area contributed by atoms with Crippen LogP contribution in [0.5, 0.6) is 11.6 Å². The van der Waals surface area contributed by atoms with E-state index in [0.29, 0.717) is 5.03 Å². The minimum Gasteiger partial charge on any atom is -0.477 e. The van der Waals surface area contributed by atoms with Crippen molar-refractivity contribution in [3.63, 3.8) is 0 Å². The fourth-order valence-corrected chi connectivity index (χ4v) is 1.95. The van der Waals surface area contributed by atoms with Gasteiger partial charge in [0.2, 0.25) is 5.88 Å². The number of benzene rings is 1. The highest BCUT2D eigenvalue weighted by Crippen LogP contribution is 2.31. The van der Waals surface area contributed by atoms with Gasteiger partial charge in [0.25, 0.3) is 5.69 Å². The van der Waals surface area contributed by atoms with Crippen molar-refractivity contribution < 1.29 is 19.6 Å². The summed E-state index contributed by atoms with van der Waals surface area (Å²) in [5, 5.41) is 20.7. The number of nitro groups is 1. The quantitative estimate of drug-likeness (QED) is 0.388. The molecule has 0 aliphatic heterocycles. The molecular formula is C12H9N3O5S. The highest BCUT2D eigenvalue weighted by atomic mass is 32.2. The first-order valence-electron chi connectivity index (χ1n) is 5.57. The zero-order chi connectivity index (χ0) is 15.4. The molecule has 1 aromatic heterocycles.